The fourth-order valence-electron chi connectivity index (χ4n) is 5.46. The van der Waals surface area contributed by atoms with Crippen LogP contribution in [0.3, 0.4) is 0 Å². The molecule has 206 valence electrons. The fraction of sp³-hybridized carbons (Fsp3) is 0.769. The number of aliphatic carboxylic acids is 2. The van der Waals surface area contributed by atoms with Crippen molar-refractivity contribution in [3.63, 3.8) is 0 Å². The predicted molar refractivity (Wildman–Crippen MR) is 134 cm³/mol. The first-order valence-electron chi connectivity index (χ1n) is 12.3. The summed E-state index contributed by atoms with van der Waals surface area (Å²) in [5.41, 5.74) is -0.332. The molecule has 0 saturated carbocycles. The maximum Gasteiger partial charge on any atom is 0.328 e. The van der Waals surface area contributed by atoms with Gasteiger partial charge in [-0.15, -0.1) is 0 Å². The molecule has 0 bridgehead atoms. The lowest BCUT2D eigenvalue weighted by molar-refractivity contribution is -0.160. The summed E-state index contributed by atoms with van der Waals surface area (Å²) < 4.78 is 11.3. The fourth-order valence-corrected chi connectivity index (χ4v) is 5.46. The van der Waals surface area contributed by atoms with Gasteiger partial charge < -0.3 is 30.3 Å². The molecule has 4 N–H and O–H groups in total. The lowest BCUT2D eigenvalue weighted by atomic mass is 9.81. The molecule has 36 heavy (non-hydrogen) atoms. The summed E-state index contributed by atoms with van der Waals surface area (Å²) in [5.74, 6) is -3.15. The van der Waals surface area contributed by atoms with Crippen LogP contribution in [0.15, 0.2) is 12.2 Å². The van der Waals surface area contributed by atoms with Crippen LogP contribution < -0.4 is 10.6 Å². The van der Waals surface area contributed by atoms with Crippen LogP contribution in [0.2, 0.25) is 0 Å². The second-order valence-corrected chi connectivity index (χ2v) is 12.3. The Labute approximate surface area is 214 Å². The third-order valence-corrected chi connectivity index (χ3v) is 5.80. The average Bonchev–Trinajstić information content (AvgIpc) is 2.60. The normalized spacial score (nSPS) is 22.7. The molecule has 2 fully saturated rings. The predicted octanol–water partition coefficient (Wildman–Crippen LogP) is 3.18. The topological polar surface area (TPSA) is 151 Å². The number of hydrogen-bond donors (Lipinski definition) is 4. The van der Waals surface area contributed by atoms with Gasteiger partial charge in [0.2, 0.25) is 0 Å². The van der Waals surface area contributed by atoms with Crippen LogP contribution in [0.5, 0.6) is 0 Å². The number of piperidine rings is 2. The zero-order valence-corrected chi connectivity index (χ0v) is 22.9. The van der Waals surface area contributed by atoms with E-state index in [1.807, 2.05) is 0 Å². The van der Waals surface area contributed by atoms with E-state index < -0.39 is 11.9 Å². The molecule has 2 heterocycles. The molecule has 0 aliphatic carbocycles. The molecule has 10 heteroatoms. The van der Waals surface area contributed by atoms with E-state index in [4.69, 9.17) is 19.7 Å². The summed E-state index contributed by atoms with van der Waals surface area (Å²) in [6.07, 6.45) is 4.09. The van der Waals surface area contributed by atoms with Crippen LogP contribution in [0, 0.1) is 0 Å². The Morgan fingerprint density at radius 3 is 1.11 bits per heavy atom. The summed E-state index contributed by atoms with van der Waals surface area (Å²) in [6, 6.07) is 0. The summed E-state index contributed by atoms with van der Waals surface area (Å²) in [5, 5.41) is 22.8. The van der Waals surface area contributed by atoms with Gasteiger partial charge in [-0.3, -0.25) is 9.59 Å². The van der Waals surface area contributed by atoms with E-state index in [9.17, 15) is 19.2 Å². The highest BCUT2D eigenvalue weighted by Gasteiger charge is 2.40. The highest BCUT2D eigenvalue weighted by molar-refractivity contribution is 5.89. The standard InChI is InChI=1S/C22H40N2O4.C4H4O4/c1-19(2)11-15(12-20(3,4)23-19)27-17(25)9-10-18(26)28-16-13-21(5,6)24-22(7,8)14-16;5-3(6)1-2-4(7)8/h15-16,23-24H,9-14H2,1-8H3;1-2H,(H,5,6)(H,7,8)/b;2-1-. The van der Waals surface area contributed by atoms with E-state index in [0.717, 1.165) is 25.7 Å². The molecule has 0 amide bonds. The van der Waals surface area contributed by atoms with Gasteiger partial charge in [0, 0.05) is 60.0 Å². The minimum atomic E-state index is -1.26. The van der Waals surface area contributed by atoms with Crippen molar-refractivity contribution in [3.8, 4) is 0 Å². The van der Waals surface area contributed by atoms with E-state index in [2.05, 4.69) is 66.0 Å². The summed E-state index contributed by atoms with van der Waals surface area (Å²) in [6.45, 7) is 17.0. The lowest BCUT2D eigenvalue weighted by Crippen LogP contribution is -2.59. The monoisotopic (exact) mass is 512 g/mol. The molecule has 2 rings (SSSR count). The number of ether oxygens (including phenoxy) is 2. The Bertz CT molecular complexity index is 745. The van der Waals surface area contributed by atoms with E-state index in [1.54, 1.807) is 0 Å². The van der Waals surface area contributed by atoms with Gasteiger partial charge >= 0.3 is 23.9 Å². The molecule has 0 aromatic carbocycles. The third-order valence-electron chi connectivity index (χ3n) is 5.80. The van der Waals surface area contributed by atoms with Gasteiger partial charge in [-0.2, -0.15) is 0 Å². The number of rotatable bonds is 7. The highest BCUT2D eigenvalue weighted by Crippen LogP contribution is 2.32. The van der Waals surface area contributed by atoms with Crippen molar-refractivity contribution >= 4 is 23.9 Å². The number of carbonyl (C=O) groups excluding carboxylic acids is 2. The minimum absolute atomic E-state index is 0.0708. The number of carboxylic acid groups (broad SMARTS) is 2. The van der Waals surface area contributed by atoms with Gasteiger partial charge in [0.25, 0.3) is 0 Å². The van der Waals surface area contributed by atoms with Crippen molar-refractivity contribution < 1.29 is 38.9 Å². The van der Waals surface area contributed by atoms with E-state index in [0.29, 0.717) is 12.2 Å². The SMILES string of the molecule is CC1(C)CC(OC(=O)CCC(=O)OC2CC(C)(C)NC(C)(C)C2)CC(C)(C)N1.O=C(O)/C=C\C(=O)O. The summed E-state index contributed by atoms with van der Waals surface area (Å²) >= 11 is 0. The lowest BCUT2D eigenvalue weighted by Gasteiger charge is -2.46. The van der Waals surface area contributed by atoms with Gasteiger partial charge in [0.05, 0.1) is 12.8 Å². The Morgan fingerprint density at radius 1 is 0.639 bits per heavy atom. The zero-order chi connectivity index (χ0) is 27.9. The molecular weight excluding hydrogens is 468 g/mol. The first-order chi connectivity index (χ1) is 16.2. The molecular formula is C26H44N2O8. The van der Waals surface area contributed by atoms with Crippen LogP contribution in [0.1, 0.15) is 93.9 Å². The molecule has 0 spiro atoms. The molecule has 0 aromatic heterocycles. The molecule has 2 aliphatic heterocycles. The molecule has 0 atom stereocenters. The van der Waals surface area contributed by atoms with Gasteiger partial charge in [-0.25, -0.2) is 9.59 Å². The van der Waals surface area contributed by atoms with E-state index >= 15 is 0 Å². The van der Waals surface area contributed by atoms with Gasteiger partial charge in [-0.05, 0) is 55.4 Å². The van der Waals surface area contributed by atoms with Crippen LogP contribution in [-0.2, 0) is 28.7 Å². The Kier molecular flexibility index (Phi) is 10.7. The first-order valence-corrected chi connectivity index (χ1v) is 12.3. The largest absolute Gasteiger partial charge is 0.478 e. The van der Waals surface area contributed by atoms with Crippen LogP contribution in [0.4, 0.5) is 0 Å². The molecule has 0 aromatic rings. The first kappa shape index (κ1) is 31.6. The van der Waals surface area contributed by atoms with Crippen molar-refractivity contribution in [1.82, 2.24) is 10.6 Å². The number of esters is 2. The second kappa shape index (κ2) is 12.2. The smallest absolute Gasteiger partial charge is 0.328 e. The quantitative estimate of drug-likeness (QED) is 0.296. The van der Waals surface area contributed by atoms with Gasteiger partial charge in [0.1, 0.15) is 12.2 Å². The molecule has 2 saturated heterocycles. The third kappa shape index (κ3) is 13.0. The van der Waals surface area contributed by atoms with Crippen molar-refractivity contribution in [3.05, 3.63) is 12.2 Å². The van der Waals surface area contributed by atoms with Crippen molar-refractivity contribution in [2.45, 2.75) is 128 Å². The van der Waals surface area contributed by atoms with Gasteiger partial charge in [0.15, 0.2) is 0 Å². The van der Waals surface area contributed by atoms with Crippen molar-refractivity contribution in [2.75, 3.05) is 0 Å². The number of nitrogens with one attached hydrogen (secondary N) is 2. The van der Waals surface area contributed by atoms with E-state index in [-0.39, 0.29) is 59.1 Å². The summed E-state index contributed by atoms with van der Waals surface area (Å²) in [4.78, 5) is 43.7. The van der Waals surface area contributed by atoms with Crippen LogP contribution in [0.25, 0.3) is 0 Å². The maximum absolute atomic E-state index is 12.3. The number of hydrogen-bond acceptors (Lipinski definition) is 8. The zero-order valence-electron chi connectivity index (χ0n) is 22.9. The second-order valence-electron chi connectivity index (χ2n) is 12.3. The summed E-state index contributed by atoms with van der Waals surface area (Å²) in [7, 11) is 0. The van der Waals surface area contributed by atoms with Crippen LogP contribution in [-0.4, -0.2) is 68.5 Å². The molecule has 10 nitrogen and oxygen atoms in total. The molecule has 0 radical (unpaired) electrons. The number of carboxylic acids is 2. The Balaban J connectivity index is 0.000000697. The van der Waals surface area contributed by atoms with Crippen molar-refractivity contribution in [1.29, 1.82) is 0 Å². The van der Waals surface area contributed by atoms with E-state index in [1.165, 1.54) is 0 Å². The highest BCUT2D eigenvalue weighted by atomic mass is 16.6. The maximum atomic E-state index is 12.3. The van der Waals surface area contributed by atoms with Crippen LogP contribution >= 0.6 is 0 Å². The Hall–Kier alpha value is -2.46. The minimum Gasteiger partial charge on any atom is -0.478 e. The molecule has 2 aliphatic rings. The van der Waals surface area contributed by atoms with Crippen molar-refractivity contribution in [2.24, 2.45) is 0 Å². The average molecular weight is 513 g/mol. The number of carbonyl (C=O) groups is 4. The molecule has 0 unspecified atom stereocenters. The Morgan fingerprint density at radius 2 is 0.889 bits per heavy atom. The van der Waals surface area contributed by atoms with Gasteiger partial charge in [-0.1, -0.05) is 0 Å².